The maximum absolute atomic E-state index is 12.8. The summed E-state index contributed by atoms with van der Waals surface area (Å²) in [6, 6.07) is 12.8. The van der Waals surface area contributed by atoms with Crippen molar-refractivity contribution in [3.63, 3.8) is 0 Å². The van der Waals surface area contributed by atoms with Crippen LogP contribution in [0.5, 0.6) is 5.75 Å². The van der Waals surface area contributed by atoms with Gasteiger partial charge in [-0.05, 0) is 36.4 Å². The molecule has 0 radical (unpaired) electrons. The molecule has 0 spiro atoms. The Kier molecular flexibility index (Phi) is 4.50. The molecule has 0 saturated carbocycles. The maximum Gasteiger partial charge on any atom is 0.257 e. The van der Waals surface area contributed by atoms with Gasteiger partial charge in [0.25, 0.3) is 5.91 Å². The number of aromatic nitrogens is 1. The van der Waals surface area contributed by atoms with Gasteiger partial charge in [-0.2, -0.15) is 0 Å². The second-order valence-corrected chi connectivity index (χ2v) is 6.44. The topological polar surface area (TPSA) is 61.9 Å². The van der Waals surface area contributed by atoms with Gasteiger partial charge in [-0.15, -0.1) is 0 Å². The van der Waals surface area contributed by atoms with Gasteiger partial charge in [-0.25, -0.2) is 0 Å². The summed E-state index contributed by atoms with van der Waals surface area (Å²) in [5.74, 6) is 0.821. The fourth-order valence-electron chi connectivity index (χ4n) is 3.27. The van der Waals surface area contributed by atoms with E-state index in [0.29, 0.717) is 18.7 Å². The molecule has 1 aliphatic heterocycles. The Hall–Kier alpha value is -2.99. The zero-order valence-corrected chi connectivity index (χ0v) is 14.4. The smallest absolute Gasteiger partial charge is 0.257 e. The van der Waals surface area contributed by atoms with Gasteiger partial charge < -0.3 is 19.0 Å². The van der Waals surface area contributed by atoms with Crippen LogP contribution in [0, 0.1) is 0 Å². The van der Waals surface area contributed by atoms with Crippen LogP contribution in [0.1, 0.15) is 16.1 Å². The van der Waals surface area contributed by atoms with Crippen molar-refractivity contribution < 1.29 is 14.3 Å². The largest absolute Gasteiger partial charge is 0.507 e. The van der Waals surface area contributed by atoms with Crippen LogP contribution in [0.4, 0.5) is 0 Å². The Balaban J connectivity index is 1.40. The lowest BCUT2D eigenvalue weighted by Crippen LogP contribution is -2.48. The Morgan fingerprint density at radius 1 is 1.04 bits per heavy atom. The summed E-state index contributed by atoms with van der Waals surface area (Å²) in [5.41, 5.74) is 1.17. The molecule has 1 amide bonds. The number of phenols is 1. The van der Waals surface area contributed by atoms with Gasteiger partial charge in [0.1, 0.15) is 11.5 Å². The molecule has 3 aromatic rings. The summed E-state index contributed by atoms with van der Waals surface area (Å²) in [5, 5.41) is 10.3. The van der Waals surface area contributed by atoms with Crippen molar-refractivity contribution in [2.45, 2.75) is 6.54 Å². The number of piperazine rings is 1. The first-order valence-electron chi connectivity index (χ1n) is 8.71. The fourth-order valence-corrected chi connectivity index (χ4v) is 3.27. The highest BCUT2D eigenvalue weighted by Gasteiger charge is 2.24. The summed E-state index contributed by atoms with van der Waals surface area (Å²) < 4.78 is 7.27. The summed E-state index contributed by atoms with van der Waals surface area (Å²) in [7, 11) is 0. The zero-order valence-electron chi connectivity index (χ0n) is 14.4. The minimum absolute atomic E-state index is 0.0132. The van der Waals surface area contributed by atoms with Crippen LogP contribution in [0.2, 0.25) is 0 Å². The predicted molar refractivity (Wildman–Crippen MR) is 97.3 cm³/mol. The molecule has 1 aliphatic rings. The van der Waals surface area contributed by atoms with Gasteiger partial charge in [0.05, 0.1) is 18.4 Å². The summed E-state index contributed by atoms with van der Waals surface area (Å²) >= 11 is 0. The molecule has 2 aromatic heterocycles. The third-order valence-electron chi connectivity index (χ3n) is 4.73. The molecule has 0 bridgehead atoms. The first kappa shape index (κ1) is 16.5. The van der Waals surface area contributed by atoms with E-state index in [4.69, 9.17) is 4.42 Å². The maximum atomic E-state index is 12.8. The van der Waals surface area contributed by atoms with Gasteiger partial charge in [0.2, 0.25) is 0 Å². The van der Waals surface area contributed by atoms with Gasteiger partial charge in [0.15, 0.2) is 0 Å². The molecule has 26 heavy (non-hydrogen) atoms. The molecule has 0 atom stereocenters. The average Bonchev–Trinajstić information content (AvgIpc) is 3.36. The van der Waals surface area contributed by atoms with Crippen molar-refractivity contribution in [3.05, 3.63) is 72.4 Å². The molecule has 1 saturated heterocycles. The van der Waals surface area contributed by atoms with Gasteiger partial charge in [0, 0.05) is 50.3 Å². The normalized spacial score (nSPS) is 15.3. The Morgan fingerprint density at radius 2 is 1.81 bits per heavy atom. The molecular formula is C20H21N3O3. The number of nitrogens with zero attached hydrogens (tertiary/aromatic N) is 3. The van der Waals surface area contributed by atoms with Crippen LogP contribution in [0.15, 0.2) is 65.5 Å². The lowest BCUT2D eigenvalue weighted by molar-refractivity contribution is 0.0617. The van der Waals surface area contributed by atoms with E-state index in [2.05, 4.69) is 4.90 Å². The fraction of sp³-hybridized carbons (Fsp3) is 0.250. The molecule has 1 aromatic carbocycles. The van der Waals surface area contributed by atoms with Crippen molar-refractivity contribution in [1.29, 1.82) is 0 Å². The predicted octanol–water partition coefficient (Wildman–Crippen LogP) is 2.73. The molecule has 0 aliphatic carbocycles. The summed E-state index contributed by atoms with van der Waals surface area (Å²) in [6.07, 6.45) is 5.47. The molecule has 1 N–H and O–H groups in total. The van der Waals surface area contributed by atoms with E-state index < -0.39 is 0 Å². The van der Waals surface area contributed by atoms with E-state index in [0.717, 1.165) is 31.1 Å². The summed E-state index contributed by atoms with van der Waals surface area (Å²) in [4.78, 5) is 16.8. The number of hydrogen-bond donors (Lipinski definition) is 1. The first-order valence-corrected chi connectivity index (χ1v) is 8.71. The van der Waals surface area contributed by atoms with Crippen LogP contribution in [-0.2, 0) is 6.54 Å². The third-order valence-corrected chi connectivity index (χ3v) is 4.73. The van der Waals surface area contributed by atoms with E-state index in [1.165, 1.54) is 0 Å². The Bertz CT molecular complexity index is 864. The standard InChI is InChI=1S/C20H21N3O3/c24-19-14-16(22-7-1-2-8-22)5-6-18(19)20(25)23-11-9-21(10-12-23)15-17-4-3-13-26-17/h1-8,13-14,24H,9-12,15H2. The van der Waals surface area contributed by atoms with E-state index in [9.17, 15) is 9.90 Å². The molecule has 0 unspecified atom stereocenters. The third kappa shape index (κ3) is 3.36. The number of carbonyl (C=O) groups excluding carboxylic acids is 1. The van der Waals surface area contributed by atoms with Crippen LogP contribution >= 0.6 is 0 Å². The molecule has 134 valence electrons. The molecule has 3 heterocycles. The van der Waals surface area contributed by atoms with Crippen molar-refractivity contribution >= 4 is 5.91 Å². The second kappa shape index (κ2) is 7.09. The van der Waals surface area contributed by atoms with E-state index in [-0.39, 0.29) is 11.7 Å². The number of phenolic OH excluding ortho intramolecular Hbond substituents is 1. The average molecular weight is 351 g/mol. The van der Waals surface area contributed by atoms with E-state index in [1.807, 2.05) is 47.3 Å². The molecule has 4 rings (SSSR count). The van der Waals surface area contributed by atoms with Crippen molar-refractivity contribution in [1.82, 2.24) is 14.4 Å². The van der Waals surface area contributed by atoms with Gasteiger partial charge in [-0.3, -0.25) is 9.69 Å². The van der Waals surface area contributed by atoms with Crippen LogP contribution in [0.3, 0.4) is 0 Å². The molecular weight excluding hydrogens is 330 g/mol. The number of furan rings is 1. The van der Waals surface area contributed by atoms with E-state index >= 15 is 0 Å². The summed E-state index contributed by atoms with van der Waals surface area (Å²) in [6.45, 7) is 3.60. The Labute approximate surface area is 151 Å². The molecule has 1 fully saturated rings. The Morgan fingerprint density at radius 3 is 2.46 bits per heavy atom. The second-order valence-electron chi connectivity index (χ2n) is 6.44. The SMILES string of the molecule is O=C(c1ccc(-n2cccc2)cc1O)N1CCN(Cc2ccco2)CC1. The molecule has 6 heteroatoms. The van der Waals surface area contributed by atoms with Crippen molar-refractivity contribution in [2.75, 3.05) is 26.2 Å². The monoisotopic (exact) mass is 351 g/mol. The number of hydrogen-bond acceptors (Lipinski definition) is 4. The lowest BCUT2D eigenvalue weighted by atomic mass is 10.1. The lowest BCUT2D eigenvalue weighted by Gasteiger charge is -2.34. The van der Waals surface area contributed by atoms with E-state index in [1.54, 1.807) is 23.3 Å². The van der Waals surface area contributed by atoms with Crippen molar-refractivity contribution in [3.8, 4) is 11.4 Å². The number of carbonyl (C=O) groups is 1. The van der Waals surface area contributed by atoms with Gasteiger partial charge in [-0.1, -0.05) is 0 Å². The van der Waals surface area contributed by atoms with Crippen LogP contribution in [0.25, 0.3) is 5.69 Å². The number of aromatic hydroxyl groups is 1. The minimum atomic E-state index is -0.126. The first-order chi connectivity index (χ1) is 12.7. The highest BCUT2D eigenvalue weighted by atomic mass is 16.3. The van der Waals surface area contributed by atoms with Crippen LogP contribution < -0.4 is 0 Å². The molecule has 6 nitrogen and oxygen atoms in total. The van der Waals surface area contributed by atoms with Crippen LogP contribution in [-0.4, -0.2) is 51.6 Å². The number of benzene rings is 1. The number of rotatable bonds is 4. The minimum Gasteiger partial charge on any atom is -0.507 e. The zero-order chi connectivity index (χ0) is 17.9. The quantitative estimate of drug-likeness (QED) is 0.785. The highest BCUT2D eigenvalue weighted by molar-refractivity contribution is 5.97. The number of amides is 1. The van der Waals surface area contributed by atoms with Gasteiger partial charge >= 0.3 is 0 Å². The van der Waals surface area contributed by atoms with Crippen molar-refractivity contribution in [2.24, 2.45) is 0 Å². The highest BCUT2D eigenvalue weighted by Crippen LogP contribution is 2.23.